The van der Waals surface area contributed by atoms with E-state index >= 15 is 0 Å². The molecule has 0 atom stereocenters. The van der Waals surface area contributed by atoms with Crippen molar-refractivity contribution in [2.24, 2.45) is 0 Å². The maximum absolute atomic E-state index is 13.1. The van der Waals surface area contributed by atoms with Crippen LogP contribution in [0.1, 0.15) is 42.6 Å². The van der Waals surface area contributed by atoms with Crippen LogP contribution in [0, 0.1) is 6.92 Å². The summed E-state index contributed by atoms with van der Waals surface area (Å²) < 4.78 is 40.8. The molecule has 4 rings (SSSR count). The van der Waals surface area contributed by atoms with Crippen LogP contribution in [-0.4, -0.2) is 20.2 Å². The zero-order valence-electron chi connectivity index (χ0n) is 15.4. The molecule has 0 spiro atoms. The standard InChI is InChI=1S/C20H20F3N5/c1-14-7-9-16(10-8-14)24-19(11-2-3-12-19)18-25-26-27-28(18)17-6-4-5-15(13-17)20(21,22)23/h4-10,13,24H,2-3,11-12H2,1H3. The van der Waals surface area contributed by atoms with E-state index < -0.39 is 17.3 Å². The topological polar surface area (TPSA) is 55.6 Å². The van der Waals surface area contributed by atoms with E-state index in [1.54, 1.807) is 6.07 Å². The second-order valence-corrected chi connectivity index (χ2v) is 7.24. The summed E-state index contributed by atoms with van der Waals surface area (Å²) in [5, 5.41) is 15.5. The number of halogens is 3. The third-order valence-electron chi connectivity index (χ3n) is 5.21. The lowest BCUT2D eigenvalue weighted by molar-refractivity contribution is -0.137. The van der Waals surface area contributed by atoms with Crippen molar-refractivity contribution in [1.82, 2.24) is 20.2 Å². The predicted molar refractivity (Wildman–Crippen MR) is 99.1 cm³/mol. The monoisotopic (exact) mass is 387 g/mol. The molecular weight excluding hydrogens is 367 g/mol. The van der Waals surface area contributed by atoms with Crippen LogP contribution in [0.4, 0.5) is 18.9 Å². The lowest BCUT2D eigenvalue weighted by atomic mass is 9.95. The third kappa shape index (κ3) is 3.46. The molecule has 0 bridgehead atoms. The van der Waals surface area contributed by atoms with Gasteiger partial charge in [-0.1, -0.05) is 36.6 Å². The number of nitrogens with zero attached hydrogens (tertiary/aromatic N) is 4. The number of anilines is 1. The number of tetrazole rings is 1. The van der Waals surface area contributed by atoms with Gasteiger partial charge >= 0.3 is 6.18 Å². The SMILES string of the molecule is Cc1ccc(NC2(c3nnnn3-c3cccc(C(F)(F)F)c3)CCCC2)cc1. The molecule has 2 aromatic carbocycles. The van der Waals surface area contributed by atoms with Gasteiger partial charge in [-0.2, -0.15) is 17.9 Å². The summed E-state index contributed by atoms with van der Waals surface area (Å²) in [5.74, 6) is 0.532. The minimum atomic E-state index is -4.42. The van der Waals surface area contributed by atoms with Crippen molar-refractivity contribution in [2.45, 2.75) is 44.3 Å². The Labute approximate surface area is 160 Å². The Morgan fingerprint density at radius 2 is 1.75 bits per heavy atom. The molecule has 146 valence electrons. The molecule has 1 aliphatic rings. The number of hydrogen-bond donors (Lipinski definition) is 1. The van der Waals surface area contributed by atoms with Crippen LogP contribution in [0.5, 0.6) is 0 Å². The third-order valence-corrected chi connectivity index (χ3v) is 5.21. The Balaban J connectivity index is 1.75. The fraction of sp³-hybridized carbons (Fsp3) is 0.350. The zero-order valence-corrected chi connectivity index (χ0v) is 15.4. The quantitative estimate of drug-likeness (QED) is 0.694. The Bertz CT molecular complexity index is 956. The molecule has 1 aliphatic carbocycles. The van der Waals surface area contributed by atoms with Crippen LogP contribution >= 0.6 is 0 Å². The van der Waals surface area contributed by atoms with Gasteiger partial charge in [0, 0.05) is 5.69 Å². The van der Waals surface area contributed by atoms with Crippen molar-refractivity contribution in [3.8, 4) is 5.69 Å². The van der Waals surface area contributed by atoms with E-state index in [0.29, 0.717) is 11.5 Å². The number of aryl methyl sites for hydroxylation is 1. The number of alkyl halides is 3. The van der Waals surface area contributed by atoms with Gasteiger partial charge in [-0.15, -0.1) is 5.10 Å². The number of hydrogen-bond acceptors (Lipinski definition) is 4. The van der Waals surface area contributed by atoms with Crippen LogP contribution in [0.3, 0.4) is 0 Å². The van der Waals surface area contributed by atoms with E-state index in [2.05, 4.69) is 20.8 Å². The van der Waals surface area contributed by atoms with Crippen LogP contribution in [0.15, 0.2) is 48.5 Å². The second-order valence-electron chi connectivity index (χ2n) is 7.24. The maximum atomic E-state index is 13.1. The van der Waals surface area contributed by atoms with Crippen molar-refractivity contribution in [3.05, 3.63) is 65.5 Å². The molecule has 1 heterocycles. The van der Waals surface area contributed by atoms with E-state index in [9.17, 15) is 13.2 Å². The molecule has 0 radical (unpaired) electrons. The van der Waals surface area contributed by atoms with Gasteiger partial charge in [0.1, 0.15) is 0 Å². The number of nitrogens with one attached hydrogen (secondary N) is 1. The molecule has 5 nitrogen and oxygen atoms in total. The summed E-state index contributed by atoms with van der Waals surface area (Å²) in [5.41, 5.74) is 1.14. The van der Waals surface area contributed by atoms with E-state index in [1.807, 2.05) is 31.2 Å². The minimum absolute atomic E-state index is 0.298. The summed E-state index contributed by atoms with van der Waals surface area (Å²) in [7, 11) is 0. The number of aromatic nitrogens is 4. The van der Waals surface area contributed by atoms with Crippen LogP contribution < -0.4 is 5.32 Å². The van der Waals surface area contributed by atoms with Crippen molar-refractivity contribution in [1.29, 1.82) is 0 Å². The van der Waals surface area contributed by atoms with Gasteiger partial charge in [-0.3, -0.25) is 0 Å². The van der Waals surface area contributed by atoms with Crippen molar-refractivity contribution in [2.75, 3.05) is 5.32 Å². The van der Waals surface area contributed by atoms with Crippen molar-refractivity contribution >= 4 is 5.69 Å². The highest BCUT2D eigenvalue weighted by Gasteiger charge is 2.41. The molecule has 0 amide bonds. The first kappa shape index (κ1) is 18.5. The second kappa shape index (κ2) is 6.92. The number of benzene rings is 2. The highest BCUT2D eigenvalue weighted by atomic mass is 19.4. The summed E-state index contributed by atoms with van der Waals surface area (Å²) in [6.07, 6.45) is -0.821. The fourth-order valence-electron chi connectivity index (χ4n) is 3.77. The predicted octanol–water partition coefficient (Wildman–Crippen LogP) is 4.87. The Morgan fingerprint density at radius 3 is 2.43 bits per heavy atom. The lowest BCUT2D eigenvalue weighted by Gasteiger charge is -2.30. The van der Waals surface area contributed by atoms with E-state index in [-0.39, 0.29) is 0 Å². The van der Waals surface area contributed by atoms with Gasteiger partial charge in [0.2, 0.25) is 0 Å². The normalized spacial score (nSPS) is 16.3. The molecule has 1 fully saturated rings. The van der Waals surface area contributed by atoms with Gasteiger partial charge in [0.25, 0.3) is 0 Å². The first-order chi connectivity index (χ1) is 13.4. The molecule has 1 N–H and O–H groups in total. The smallest absolute Gasteiger partial charge is 0.373 e. The van der Waals surface area contributed by atoms with E-state index in [0.717, 1.165) is 49.1 Å². The first-order valence-corrected chi connectivity index (χ1v) is 9.19. The molecule has 0 aliphatic heterocycles. The van der Waals surface area contributed by atoms with Gasteiger partial charge < -0.3 is 5.32 Å². The van der Waals surface area contributed by atoms with E-state index in [4.69, 9.17) is 0 Å². The van der Waals surface area contributed by atoms with Crippen LogP contribution in [0.25, 0.3) is 5.69 Å². The molecule has 0 saturated heterocycles. The molecule has 3 aromatic rings. The van der Waals surface area contributed by atoms with Gasteiger partial charge in [-0.05, 0) is 60.5 Å². The Kier molecular flexibility index (Phi) is 4.56. The first-order valence-electron chi connectivity index (χ1n) is 9.19. The Morgan fingerprint density at radius 1 is 1.04 bits per heavy atom. The van der Waals surface area contributed by atoms with Crippen molar-refractivity contribution in [3.63, 3.8) is 0 Å². The fourth-order valence-corrected chi connectivity index (χ4v) is 3.77. The Hall–Kier alpha value is -2.90. The molecular formula is C20H20F3N5. The summed E-state index contributed by atoms with van der Waals surface area (Å²) in [6.45, 7) is 2.02. The summed E-state index contributed by atoms with van der Waals surface area (Å²) in [4.78, 5) is 0. The average molecular weight is 387 g/mol. The molecule has 8 heteroatoms. The molecule has 0 unspecified atom stereocenters. The van der Waals surface area contributed by atoms with E-state index in [1.165, 1.54) is 10.7 Å². The number of rotatable bonds is 4. The highest BCUT2D eigenvalue weighted by molar-refractivity contribution is 5.49. The van der Waals surface area contributed by atoms with Gasteiger partial charge in [0.15, 0.2) is 5.82 Å². The highest BCUT2D eigenvalue weighted by Crippen LogP contribution is 2.41. The van der Waals surface area contributed by atoms with Gasteiger partial charge in [-0.25, -0.2) is 0 Å². The minimum Gasteiger partial charge on any atom is -0.373 e. The zero-order chi connectivity index (χ0) is 19.8. The van der Waals surface area contributed by atoms with Crippen LogP contribution in [0.2, 0.25) is 0 Å². The summed E-state index contributed by atoms with van der Waals surface area (Å²) in [6, 6.07) is 13.1. The maximum Gasteiger partial charge on any atom is 0.416 e. The van der Waals surface area contributed by atoms with Crippen molar-refractivity contribution < 1.29 is 13.2 Å². The summed E-state index contributed by atoms with van der Waals surface area (Å²) >= 11 is 0. The molecule has 28 heavy (non-hydrogen) atoms. The molecule has 1 aromatic heterocycles. The van der Waals surface area contributed by atoms with Crippen LogP contribution in [-0.2, 0) is 11.7 Å². The van der Waals surface area contributed by atoms with Gasteiger partial charge in [0.05, 0.1) is 16.8 Å². The lowest BCUT2D eigenvalue weighted by Crippen LogP contribution is -2.35. The largest absolute Gasteiger partial charge is 0.416 e. The molecule has 1 saturated carbocycles. The average Bonchev–Trinajstić information content (AvgIpc) is 3.33.